The Morgan fingerprint density at radius 3 is 2.86 bits per heavy atom. The maximum absolute atomic E-state index is 12.4. The summed E-state index contributed by atoms with van der Waals surface area (Å²) in [6.45, 7) is 3.08. The predicted octanol–water partition coefficient (Wildman–Crippen LogP) is 4.13. The number of nitrogens with one attached hydrogen (secondary N) is 2. The van der Waals surface area contributed by atoms with E-state index in [4.69, 9.17) is 4.98 Å². The van der Waals surface area contributed by atoms with Gasteiger partial charge in [-0.2, -0.15) is 0 Å². The van der Waals surface area contributed by atoms with Crippen LogP contribution in [-0.2, 0) is 11.2 Å². The number of fused-ring (bicyclic) bond motifs is 2. The maximum atomic E-state index is 12.4. The summed E-state index contributed by atoms with van der Waals surface area (Å²) in [5.41, 5.74) is 3.38. The number of carbonyl (C=O) groups is 1. The molecular weight excluding hydrogens is 368 g/mol. The van der Waals surface area contributed by atoms with E-state index in [-0.39, 0.29) is 11.9 Å². The highest BCUT2D eigenvalue weighted by Gasteiger charge is 2.18. The van der Waals surface area contributed by atoms with Gasteiger partial charge in [0, 0.05) is 23.6 Å². The minimum atomic E-state index is 0.0373. The highest BCUT2D eigenvalue weighted by atomic mass is 32.1. The number of para-hydroxylation sites is 2. The summed E-state index contributed by atoms with van der Waals surface area (Å²) < 4.78 is 1.18. The maximum Gasteiger partial charge on any atom is 0.234 e. The number of aromatic amines is 1. The first kappa shape index (κ1) is 18.7. The first-order valence-electron chi connectivity index (χ1n) is 9.49. The number of thiazole rings is 1. The summed E-state index contributed by atoms with van der Waals surface area (Å²) in [6, 6.07) is 16.5. The molecule has 0 unspecified atom stereocenters. The standard InChI is InChI=1S/C22H24N4OS/c1-15(22-25-19-9-5-6-10-20(19)28-22)26(2)14-21(27)23-12-11-16-13-24-18-8-4-3-7-17(16)18/h3-10,13,15,24H,11-12,14H2,1-2H3,(H,23,27)/t15-/m0/s1. The number of likely N-dealkylation sites (N-methyl/N-ethyl adjacent to an activating group) is 1. The van der Waals surface area contributed by atoms with Crippen molar-refractivity contribution < 1.29 is 4.79 Å². The van der Waals surface area contributed by atoms with Gasteiger partial charge in [0.15, 0.2) is 0 Å². The molecule has 0 spiro atoms. The first-order valence-corrected chi connectivity index (χ1v) is 10.3. The van der Waals surface area contributed by atoms with E-state index in [0.717, 1.165) is 22.5 Å². The van der Waals surface area contributed by atoms with Crippen LogP contribution >= 0.6 is 11.3 Å². The van der Waals surface area contributed by atoms with Gasteiger partial charge in [-0.15, -0.1) is 11.3 Å². The lowest BCUT2D eigenvalue weighted by Gasteiger charge is -2.22. The van der Waals surface area contributed by atoms with E-state index in [1.54, 1.807) is 11.3 Å². The van der Waals surface area contributed by atoms with Crippen molar-refractivity contribution in [2.24, 2.45) is 0 Å². The van der Waals surface area contributed by atoms with E-state index in [1.165, 1.54) is 15.6 Å². The van der Waals surface area contributed by atoms with Crippen molar-refractivity contribution >= 4 is 38.4 Å². The molecule has 1 amide bonds. The van der Waals surface area contributed by atoms with Crippen molar-refractivity contribution in [3.8, 4) is 0 Å². The molecule has 2 N–H and O–H groups in total. The third-order valence-corrected chi connectivity index (χ3v) is 6.32. The molecule has 0 saturated carbocycles. The molecule has 0 aliphatic carbocycles. The van der Waals surface area contributed by atoms with Crippen molar-refractivity contribution in [2.45, 2.75) is 19.4 Å². The van der Waals surface area contributed by atoms with E-state index in [9.17, 15) is 4.79 Å². The zero-order valence-electron chi connectivity index (χ0n) is 16.1. The van der Waals surface area contributed by atoms with Gasteiger partial charge in [0.1, 0.15) is 5.01 Å². The van der Waals surface area contributed by atoms with Crippen LogP contribution in [0.25, 0.3) is 21.1 Å². The molecule has 2 heterocycles. The Kier molecular flexibility index (Phi) is 5.41. The van der Waals surface area contributed by atoms with Gasteiger partial charge >= 0.3 is 0 Å². The molecule has 0 radical (unpaired) electrons. The van der Waals surface area contributed by atoms with Crippen LogP contribution in [-0.4, -0.2) is 40.9 Å². The van der Waals surface area contributed by atoms with Gasteiger partial charge in [-0.25, -0.2) is 4.98 Å². The Morgan fingerprint density at radius 2 is 2.00 bits per heavy atom. The molecule has 0 bridgehead atoms. The summed E-state index contributed by atoms with van der Waals surface area (Å²) in [6.07, 6.45) is 2.84. The summed E-state index contributed by atoms with van der Waals surface area (Å²) in [5.74, 6) is 0.0373. The number of aromatic nitrogens is 2. The van der Waals surface area contributed by atoms with E-state index < -0.39 is 0 Å². The molecule has 2 aromatic heterocycles. The fourth-order valence-corrected chi connectivity index (χ4v) is 4.44. The third-order valence-electron chi connectivity index (χ3n) is 5.11. The van der Waals surface area contributed by atoms with Crippen LogP contribution in [0, 0.1) is 0 Å². The SMILES string of the molecule is C[C@@H](c1nc2ccccc2s1)N(C)CC(=O)NCCc1c[nH]c2ccccc12. The summed E-state index contributed by atoms with van der Waals surface area (Å²) in [7, 11) is 1.97. The lowest BCUT2D eigenvalue weighted by molar-refractivity contribution is -0.122. The van der Waals surface area contributed by atoms with Crippen molar-refractivity contribution in [1.82, 2.24) is 20.2 Å². The van der Waals surface area contributed by atoms with Crippen molar-refractivity contribution in [3.05, 3.63) is 65.3 Å². The Bertz CT molecular complexity index is 1070. The molecule has 144 valence electrons. The highest BCUT2D eigenvalue weighted by Crippen LogP contribution is 2.28. The highest BCUT2D eigenvalue weighted by molar-refractivity contribution is 7.18. The molecule has 5 nitrogen and oxygen atoms in total. The van der Waals surface area contributed by atoms with E-state index in [1.807, 2.05) is 48.5 Å². The average molecular weight is 393 g/mol. The lowest BCUT2D eigenvalue weighted by Crippen LogP contribution is -2.37. The molecule has 0 aliphatic heterocycles. The number of hydrogen-bond acceptors (Lipinski definition) is 4. The van der Waals surface area contributed by atoms with Gasteiger partial charge in [-0.05, 0) is 44.2 Å². The summed E-state index contributed by atoms with van der Waals surface area (Å²) in [5, 5.41) is 5.30. The summed E-state index contributed by atoms with van der Waals surface area (Å²) in [4.78, 5) is 22.4. The van der Waals surface area contributed by atoms with E-state index in [0.29, 0.717) is 13.1 Å². The minimum Gasteiger partial charge on any atom is -0.361 e. The van der Waals surface area contributed by atoms with E-state index >= 15 is 0 Å². The van der Waals surface area contributed by atoms with Crippen LogP contribution in [0.1, 0.15) is 23.5 Å². The molecule has 4 rings (SSSR count). The van der Waals surface area contributed by atoms with Gasteiger partial charge in [0.25, 0.3) is 0 Å². The second-order valence-electron chi connectivity index (χ2n) is 7.07. The molecule has 0 aliphatic rings. The molecule has 6 heteroatoms. The van der Waals surface area contributed by atoms with Gasteiger partial charge in [0.05, 0.1) is 22.8 Å². The molecule has 4 aromatic rings. The number of hydrogen-bond donors (Lipinski definition) is 2. The summed E-state index contributed by atoms with van der Waals surface area (Å²) >= 11 is 1.69. The van der Waals surface area contributed by atoms with Gasteiger partial charge < -0.3 is 10.3 Å². The van der Waals surface area contributed by atoms with Crippen LogP contribution in [0.2, 0.25) is 0 Å². The number of amides is 1. The fraction of sp³-hybridized carbons (Fsp3) is 0.273. The van der Waals surface area contributed by atoms with Crippen molar-refractivity contribution in [3.63, 3.8) is 0 Å². The normalized spacial score (nSPS) is 12.7. The van der Waals surface area contributed by atoms with Crippen molar-refractivity contribution in [2.75, 3.05) is 20.1 Å². The quantitative estimate of drug-likeness (QED) is 0.497. The minimum absolute atomic E-state index is 0.0373. The third kappa shape index (κ3) is 3.93. The second kappa shape index (κ2) is 8.12. The second-order valence-corrected chi connectivity index (χ2v) is 8.13. The average Bonchev–Trinajstić information content (AvgIpc) is 3.31. The van der Waals surface area contributed by atoms with Crippen LogP contribution in [0.4, 0.5) is 0 Å². The number of carbonyl (C=O) groups excluding carboxylic acids is 1. The number of H-pyrrole nitrogens is 1. The molecule has 28 heavy (non-hydrogen) atoms. The molecule has 1 atom stereocenters. The van der Waals surface area contributed by atoms with Crippen LogP contribution in [0.15, 0.2) is 54.7 Å². The molecular formula is C22H24N4OS. The Balaban J connectivity index is 1.30. The Labute approximate surface area is 168 Å². The predicted molar refractivity (Wildman–Crippen MR) is 116 cm³/mol. The van der Waals surface area contributed by atoms with Gasteiger partial charge in [-0.3, -0.25) is 9.69 Å². The molecule has 0 saturated heterocycles. The van der Waals surface area contributed by atoms with Crippen LogP contribution < -0.4 is 5.32 Å². The van der Waals surface area contributed by atoms with Gasteiger partial charge in [-0.1, -0.05) is 30.3 Å². The number of rotatable bonds is 7. The van der Waals surface area contributed by atoms with Gasteiger partial charge in [0.2, 0.25) is 5.91 Å². The topological polar surface area (TPSA) is 61.0 Å². The van der Waals surface area contributed by atoms with E-state index in [2.05, 4.69) is 35.4 Å². The zero-order chi connectivity index (χ0) is 19.5. The number of nitrogens with zero attached hydrogens (tertiary/aromatic N) is 2. The Morgan fingerprint density at radius 1 is 1.21 bits per heavy atom. The molecule has 0 fully saturated rings. The lowest BCUT2D eigenvalue weighted by atomic mass is 10.1. The molecule has 2 aromatic carbocycles. The number of benzene rings is 2. The van der Waals surface area contributed by atoms with Crippen LogP contribution in [0.3, 0.4) is 0 Å². The Hall–Kier alpha value is -2.70. The first-order chi connectivity index (χ1) is 13.6. The monoisotopic (exact) mass is 392 g/mol. The van der Waals surface area contributed by atoms with Crippen molar-refractivity contribution in [1.29, 1.82) is 0 Å². The fourth-order valence-electron chi connectivity index (χ4n) is 3.35. The zero-order valence-corrected chi connectivity index (χ0v) is 16.9. The largest absolute Gasteiger partial charge is 0.361 e. The smallest absolute Gasteiger partial charge is 0.234 e. The van der Waals surface area contributed by atoms with Crippen LogP contribution in [0.5, 0.6) is 0 Å².